The van der Waals surface area contributed by atoms with Crippen LogP contribution in [0.25, 0.3) is 0 Å². The van der Waals surface area contributed by atoms with Crippen LogP contribution in [-0.2, 0) is 24.0 Å². The minimum Gasteiger partial charge on any atom is -0.481 e. The summed E-state index contributed by atoms with van der Waals surface area (Å²) in [6.07, 6.45) is 3.22. The summed E-state index contributed by atoms with van der Waals surface area (Å²) in [5.41, 5.74) is 0. The highest BCUT2D eigenvalue weighted by Gasteiger charge is 2.24. The van der Waals surface area contributed by atoms with Gasteiger partial charge in [-0.3, -0.25) is 14.4 Å². The molecule has 13 heteroatoms. The molecule has 0 heterocycles. The molecule has 34 heavy (non-hydrogen) atoms. The van der Waals surface area contributed by atoms with E-state index in [4.69, 9.17) is 10.2 Å². The van der Waals surface area contributed by atoms with Crippen LogP contribution in [0.15, 0.2) is 0 Å². The van der Waals surface area contributed by atoms with Crippen molar-refractivity contribution < 1.29 is 44.1 Å². The average Bonchev–Trinajstić information content (AvgIpc) is 2.77. The number of hydrogen-bond donors (Lipinski definition) is 7. The van der Waals surface area contributed by atoms with Gasteiger partial charge in [-0.1, -0.05) is 13.3 Å². The number of carbonyl (C=O) groups excluding carboxylic acids is 3. The molecule has 0 aliphatic heterocycles. The summed E-state index contributed by atoms with van der Waals surface area (Å²) >= 11 is 0. The fraction of sp³-hybridized carbons (Fsp3) is 0.714. The first-order valence-corrected chi connectivity index (χ1v) is 11.3. The smallest absolute Gasteiger partial charge is 0.326 e. The summed E-state index contributed by atoms with van der Waals surface area (Å²) in [5, 5.41) is 36.7. The van der Waals surface area contributed by atoms with Gasteiger partial charge in [0.2, 0.25) is 11.8 Å². The Morgan fingerprint density at radius 3 is 1.71 bits per heavy atom. The predicted octanol–water partition coefficient (Wildman–Crippen LogP) is 0.430. The molecule has 0 bridgehead atoms. The normalized spacial score (nSPS) is 12.1. The van der Waals surface area contributed by atoms with Crippen LogP contribution in [0.5, 0.6) is 0 Å². The number of aliphatic carboxylic acids is 3. The maximum atomic E-state index is 11.9. The lowest BCUT2D eigenvalue weighted by atomic mass is 10.1. The van der Waals surface area contributed by atoms with Crippen molar-refractivity contribution in [1.29, 1.82) is 0 Å². The van der Waals surface area contributed by atoms with Crippen molar-refractivity contribution in [2.45, 2.75) is 83.2 Å². The van der Waals surface area contributed by atoms with E-state index in [9.17, 15) is 33.9 Å². The van der Waals surface area contributed by atoms with Crippen LogP contribution >= 0.6 is 0 Å². The van der Waals surface area contributed by atoms with Crippen molar-refractivity contribution in [2.75, 3.05) is 13.1 Å². The topological polar surface area (TPSA) is 211 Å². The number of rotatable bonds is 19. The molecule has 0 fully saturated rings. The van der Waals surface area contributed by atoms with Crippen molar-refractivity contribution in [3.05, 3.63) is 0 Å². The fourth-order valence-electron chi connectivity index (χ4n) is 2.87. The lowest BCUT2D eigenvalue weighted by Gasteiger charge is -2.18. The predicted molar refractivity (Wildman–Crippen MR) is 120 cm³/mol. The molecule has 0 saturated heterocycles. The van der Waals surface area contributed by atoms with Gasteiger partial charge in [-0.15, -0.1) is 0 Å². The second kappa shape index (κ2) is 18.1. The highest BCUT2D eigenvalue weighted by molar-refractivity contribution is 5.86. The van der Waals surface area contributed by atoms with Crippen LogP contribution in [0.3, 0.4) is 0 Å². The SMILES string of the molecule is CCC(=O)NCCCCCC(=O)NCCCCC(NC(=O)NC(CCC(=O)O)C(=O)O)C(=O)O. The van der Waals surface area contributed by atoms with E-state index in [1.165, 1.54) is 0 Å². The summed E-state index contributed by atoms with van der Waals surface area (Å²) in [5.74, 6) is -4.07. The molecule has 0 aliphatic rings. The first kappa shape index (κ1) is 30.6. The summed E-state index contributed by atoms with van der Waals surface area (Å²) in [6.45, 7) is 2.71. The molecule has 0 saturated carbocycles. The van der Waals surface area contributed by atoms with Gasteiger partial charge in [-0.05, 0) is 38.5 Å². The number of amides is 4. The quantitative estimate of drug-likeness (QED) is 0.125. The van der Waals surface area contributed by atoms with E-state index in [0.29, 0.717) is 45.2 Å². The molecule has 0 aromatic carbocycles. The van der Waals surface area contributed by atoms with E-state index >= 15 is 0 Å². The third kappa shape index (κ3) is 16.3. The Morgan fingerprint density at radius 1 is 0.647 bits per heavy atom. The summed E-state index contributed by atoms with van der Waals surface area (Å²) in [7, 11) is 0. The second-order valence-electron chi connectivity index (χ2n) is 7.69. The largest absolute Gasteiger partial charge is 0.481 e. The Morgan fingerprint density at radius 2 is 1.18 bits per heavy atom. The van der Waals surface area contributed by atoms with Crippen molar-refractivity contribution in [3.8, 4) is 0 Å². The van der Waals surface area contributed by atoms with Gasteiger partial charge < -0.3 is 36.6 Å². The van der Waals surface area contributed by atoms with E-state index in [0.717, 1.165) is 12.8 Å². The summed E-state index contributed by atoms with van der Waals surface area (Å²) in [4.78, 5) is 67.9. The van der Waals surface area contributed by atoms with Crippen LogP contribution in [0.4, 0.5) is 4.79 Å². The molecule has 13 nitrogen and oxygen atoms in total. The van der Waals surface area contributed by atoms with Gasteiger partial charge in [-0.25, -0.2) is 14.4 Å². The zero-order valence-corrected chi connectivity index (χ0v) is 19.4. The molecular formula is C21H36N4O9. The number of urea groups is 1. The first-order valence-electron chi connectivity index (χ1n) is 11.3. The molecular weight excluding hydrogens is 452 g/mol. The van der Waals surface area contributed by atoms with Crippen molar-refractivity contribution >= 4 is 35.8 Å². The summed E-state index contributed by atoms with van der Waals surface area (Å²) in [6, 6.07) is -3.75. The van der Waals surface area contributed by atoms with Crippen LogP contribution in [0.1, 0.15) is 71.1 Å². The highest BCUT2D eigenvalue weighted by atomic mass is 16.4. The zero-order valence-electron chi connectivity index (χ0n) is 19.4. The number of carbonyl (C=O) groups is 6. The van der Waals surface area contributed by atoms with E-state index in [1.807, 2.05) is 0 Å². The van der Waals surface area contributed by atoms with E-state index < -0.39 is 42.4 Å². The van der Waals surface area contributed by atoms with Crippen LogP contribution in [-0.4, -0.2) is 76.2 Å². The van der Waals surface area contributed by atoms with Gasteiger partial charge in [0.15, 0.2) is 0 Å². The molecule has 194 valence electrons. The van der Waals surface area contributed by atoms with Gasteiger partial charge in [0.25, 0.3) is 0 Å². The van der Waals surface area contributed by atoms with Gasteiger partial charge in [0.1, 0.15) is 12.1 Å². The lowest BCUT2D eigenvalue weighted by molar-refractivity contribution is -0.141. The lowest BCUT2D eigenvalue weighted by Crippen LogP contribution is -2.51. The average molecular weight is 489 g/mol. The van der Waals surface area contributed by atoms with Crippen molar-refractivity contribution in [3.63, 3.8) is 0 Å². The maximum Gasteiger partial charge on any atom is 0.326 e. The molecule has 0 aromatic heterocycles. The monoisotopic (exact) mass is 488 g/mol. The minimum absolute atomic E-state index is 0.00101. The van der Waals surface area contributed by atoms with Crippen LogP contribution < -0.4 is 21.3 Å². The summed E-state index contributed by atoms with van der Waals surface area (Å²) < 4.78 is 0. The fourth-order valence-corrected chi connectivity index (χ4v) is 2.87. The third-order valence-corrected chi connectivity index (χ3v) is 4.82. The number of nitrogens with one attached hydrogen (secondary N) is 4. The van der Waals surface area contributed by atoms with Gasteiger partial charge >= 0.3 is 23.9 Å². The Labute approximate surface area is 198 Å². The van der Waals surface area contributed by atoms with Crippen molar-refractivity contribution in [2.24, 2.45) is 0 Å². The van der Waals surface area contributed by atoms with E-state index in [-0.39, 0.29) is 24.7 Å². The number of carboxylic acid groups (broad SMARTS) is 3. The third-order valence-electron chi connectivity index (χ3n) is 4.82. The van der Waals surface area contributed by atoms with Crippen molar-refractivity contribution in [1.82, 2.24) is 21.3 Å². The molecule has 2 unspecified atom stereocenters. The Balaban J connectivity index is 4.11. The van der Waals surface area contributed by atoms with E-state index in [2.05, 4.69) is 21.3 Å². The highest BCUT2D eigenvalue weighted by Crippen LogP contribution is 2.04. The van der Waals surface area contributed by atoms with Gasteiger partial charge in [-0.2, -0.15) is 0 Å². The molecule has 0 spiro atoms. The molecule has 0 aromatic rings. The molecule has 0 aliphatic carbocycles. The van der Waals surface area contributed by atoms with Gasteiger partial charge in [0.05, 0.1) is 0 Å². The number of hydrogen-bond acceptors (Lipinski definition) is 6. The number of carboxylic acids is 3. The van der Waals surface area contributed by atoms with E-state index in [1.54, 1.807) is 6.92 Å². The van der Waals surface area contributed by atoms with Crippen LogP contribution in [0, 0.1) is 0 Å². The van der Waals surface area contributed by atoms with Crippen LogP contribution in [0.2, 0.25) is 0 Å². The minimum atomic E-state index is -1.46. The maximum absolute atomic E-state index is 11.9. The first-order chi connectivity index (χ1) is 16.1. The second-order valence-corrected chi connectivity index (χ2v) is 7.69. The molecule has 0 rings (SSSR count). The Hall–Kier alpha value is -3.38. The number of unbranched alkanes of at least 4 members (excludes halogenated alkanes) is 3. The Bertz CT molecular complexity index is 700. The Kier molecular flexibility index (Phi) is 16.3. The molecule has 0 radical (unpaired) electrons. The standard InChI is InChI=1S/C21H36N4O9/c1-2-16(26)22-12-6-3-4-9-17(27)23-13-7-5-8-14(19(30)31)24-21(34)25-15(20(32)33)10-11-18(28)29/h14-15H,2-13H2,1H3,(H,22,26)(H,23,27)(H,28,29)(H,30,31)(H,32,33)(H2,24,25,34). The molecule has 2 atom stereocenters. The molecule has 7 N–H and O–H groups in total. The zero-order chi connectivity index (χ0) is 25.9. The molecule has 4 amide bonds. The van der Waals surface area contributed by atoms with Gasteiger partial charge in [0, 0.05) is 32.4 Å².